The van der Waals surface area contributed by atoms with E-state index < -0.39 is 29.9 Å². The minimum atomic E-state index is -0.861. The van der Waals surface area contributed by atoms with Gasteiger partial charge in [0.05, 0.1) is 25.2 Å². The lowest BCUT2D eigenvalue weighted by Crippen LogP contribution is -2.49. The molecule has 2 amide bonds. The SMILES string of the molecule is COC(=O)C1C(c2ccccc2)C(C(=O)NCC2CCCO2)N(C(C)=O)C1c1ccccc1. The number of carbonyl (C=O) groups excluding carboxylic acids is 3. The third kappa shape index (κ3) is 4.64. The first-order chi connectivity index (χ1) is 16.0. The molecule has 0 aliphatic carbocycles. The van der Waals surface area contributed by atoms with Crippen LogP contribution in [-0.2, 0) is 23.9 Å². The van der Waals surface area contributed by atoms with Gasteiger partial charge in [0.2, 0.25) is 11.8 Å². The molecule has 4 rings (SSSR count). The number of esters is 1. The van der Waals surface area contributed by atoms with Crippen LogP contribution < -0.4 is 5.32 Å². The molecule has 2 fully saturated rings. The normalized spacial score (nSPS) is 26.7. The standard InChI is InChI=1S/C26H30N2O5/c1-17(29)28-23(19-12-7-4-8-13-19)22(26(31)32-2)21(18-10-5-3-6-11-18)24(28)25(30)27-16-20-14-9-15-33-20/h3-8,10-13,20-24H,9,14-16H2,1-2H3,(H,27,30). The number of hydrogen-bond acceptors (Lipinski definition) is 5. The van der Waals surface area contributed by atoms with Gasteiger partial charge < -0.3 is 19.7 Å². The fourth-order valence-electron chi connectivity index (χ4n) is 5.21. The molecule has 2 aromatic rings. The van der Waals surface area contributed by atoms with Gasteiger partial charge in [-0.15, -0.1) is 0 Å². The number of carbonyl (C=O) groups is 3. The van der Waals surface area contributed by atoms with Crippen LogP contribution in [0.1, 0.15) is 42.9 Å². The summed E-state index contributed by atoms with van der Waals surface area (Å²) in [6.45, 7) is 2.51. The molecule has 5 unspecified atom stereocenters. The Labute approximate surface area is 194 Å². The number of nitrogens with zero attached hydrogens (tertiary/aromatic N) is 1. The van der Waals surface area contributed by atoms with Gasteiger partial charge in [0.1, 0.15) is 6.04 Å². The predicted molar refractivity (Wildman–Crippen MR) is 122 cm³/mol. The van der Waals surface area contributed by atoms with Crippen LogP contribution in [0.5, 0.6) is 0 Å². The van der Waals surface area contributed by atoms with Crippen molar-refractivity contribution in [1.29, 1.82) is 0 Å². The zero-order valence-corrected chi connectivity index (χ0v) is 19.0. The van der Waals surface area contributed by atoms with E-state index in [9.17, 15) is 14.4 Å². The number of ether oxygens (including phenoxy) is 2. The summed E-state index contributed by atoms with van der Waals surface area (Å²) in [6.07, 6.45) is 1.83. The molecular weight excluding hydrogens is 420 g/mol. The highest BCUT2D eigenvalue weighted by molar-refractivity contribution is 5.92. The van der Waals surface area contributed by atoms with E-state index in [0.29, 0.717) is 13.2 Å². The molecule has 7 heteroatoms. The number of hydrogen-bond donors (Lipinski definition) is 1. The molecule has 2 aliphatic rings. The second-order valence-electron chi connectivity index (χ2n) is 8.59. The lowest BCUT2D eigenvalue weighted by molar-refractivity contribution is -0.147. The van der Waals surface area contributed by atoms with Gasteiger partial charge in [-0.1, -0.05) is 60.7 Å². The van der Waals surface area contributed by atoms with Gasteiger partial charge in [0.15, 0.2) is 0 Å². The van der Waals surface area contributed by atoms with Gasteiger partial charge in [-0.3, -0.25) is 14.4 Å². The molecule has 7 nitrogen and oxygen atoms in total. The zero-order chi connectivity index (χ0) is 23.4. The first-order valence-corrected chi connectivity index (χ1v) is 11.4. The van der Waals surface area contributed by atoms with E-state index in [1.807, 2.05) is 60.7 Å². The summed E-state index contributed by atoms with van der Waals surface area (Å²) in [7, 11) is 1.34. The van der Waals surface area contributed by atoms with Crippen molar-refractivity contribution in [3.05, 3.63) is 71.8 Å². The van der Waals surface area contributed by atoms with Crippen LogP contribution in [0, 0.1) is 5.92 Å². The van der Waals surface area contributed by atoms with E-state index in [0.717, 1.165) is 24.0 Å². The lowest BCUT2D eigenvalue weighted by Gasteiger charge is -2.30. The van der Waals surface area contributed by atoms with E-state index in [-0.39, 0.29) is 17.9 Å². The van der Waals surface area contributed by atoms with Gasteiger partial charge in [0.25, 0.3) is 0 Å². The van der Waals surface area contributed by atoms with Gasteiger partial charge in [-0.2, -0.15) is 0 Å². The number of rotatable bonds is 6. The summed E-state index contributed by atoms with van der Waals surface area (Å²) in [6, 6.07) is 17.3. The topological polar surface area (TPSA) is 84.9 Å². The van der Waals surface area contributed by atoms with Crippen LogP contribution in [0.3, 0.4) is 0 Å². The van der Waals surface area contributed by atoms with Crippen LogP contribution >= 0.6 is 0 Å². The highest BCUT2D eigenvalue weighted by atomic mass is 16.5. The first-order valence-electron chi connectivity index (χ1n) is 11.4. The fourth-order valence-corrected chi connectivity index (χ4v) is 5.21. The smallest absolute Gasteiger partial charge is 0.311 e. The Kier molecular flexibility index (Phi) is 7.08. The van der Waals surface area contributed by atoms with Crippen molar-refractivity contribution >= 4 is 17.8 Å². The Hall–Kier alpha value is -3.19. The van der Waals surface area contributed by atoms with Crippen molar-refractivity contribution in [2.45, 2.75) is 43.9 Å². The second-order valence-corrected chi connectivity index (χ2v) is 8.59. The number of methoxy groups -OCH3 is 1. The van der Waals surface area contributed by atoms with E-state index >= 15 is 0 Å². The maximum atomic E-state index is 13.6. The molecule has 0 bridgehead atoms. The number of amides is 2. The Morgan fingerprint density at radius 1 is 1.03 bits per heavy atom. The molecule has 174 valence electrons. The highest BCUT2D eigenvalue weighted by Gasteiger charge is 2.57. The van der Waals surface area contributed by atoms with Gasteiger partial charge >= 0.3 is 5.97 Å². The van der Waals surface area contributed by atoms with Crippen molar-refractivity contribution in [3.8, 4) is 0 Å². The first kappa shape index (κ1) is 23.0. The molecule has 2 aliphatic heterocycles. The molecule has 2 heterocycles. The predicted octanol–water partition coefficient (Wildman–Crippen LogP) is 2.83. The van der Waals surface area contributed by atoms with Crippen LogP contribution in [0.15, 0.2) is 60.7 Å². The number of likely N-dealkylation sites (tertiary alicyclic amines) is 1. The number of nitrogens with one attached hydrogen (secondary N) is 1. The van der Waals surface area contributed by atoms with Crippen molar-refractivity contribution in [1.82, 2.24) is 10.2 Å². The summed E-state index contributed by atoms with van der Waals surface area (Å²) in [5.41, 5.74) is 1.60. The minimum Gasteiger partial charge on any atom is -0.469 e. The molecule has 2 aromatic carbocycles. The fraction of sp³-hybridized carbons (Fsp3) is 0.423. The Balaban J connectivity index is 1.79. The van der Waals surface area contributed by atoms with Crippen LogP contribution in [0.2, 0.25) is 0 Å². The molecule has 0 saturated carbocycles. The molecule has 2 saturated heterocycles. The Morgan fingerprint density at radius 2 is 1.67 bits per heavy atom. The van der Waals surface area contributed by atoms with Crippen molar-refractivity contribution in [3.63, 3.8) is 0 Å². The van der Waals surface area contributed by atoms with Crippen molar-refractivity contribution in [2.24, 2.45) is 5.92 Å². The van der Waals surface area contributed by atoms with Crippen LogP contribution in [0.25, 0.3) is 0 Å². The lowest BCUT2D eigenvalue weighted by atomic mass is 9.80. The number of benzene rings is 2. The minimum absolute atomic E-state index is 0.0300. The molecular formula is C26H30N2O5. The maximum Gasteiger partial charge on any atom is 0.311 e. The largest absolute Gasteiger partial charge is 0.469 e. The monoisotopic (exact) mass is 450 g/mol. The summed E-state index contributed by atoms with van der Waals surface area (Å²) < 4.78 is 10.9. The molecule has 1 N–H and O–H groups in total. The average Bonchev–Trinajstić information content (AvgIpc) is 3.49. The highest BCUT2D eigenvalue weighted by Crippen LogP contribution is 2.50. The van der Waals surface area contributed by atoms with Crippen LogP contribution in [0.4, 0.5) is 0 Å². The molecule has 0 radical (unpaired) electrons. The van der Waals surface area contributed by atoms with Crippen molar-refractivity contribution in [2.75, 3.05) is 20.3 Å². The molecule has 5 atom stereocenters. The third-order valence-corrected chi connectivity index (χ3v) is 6.63. The van der Waals surface area contributed by atoms with Crippen molar-refractivity contribution < 1.29 is 23.9 Å². The average molecular weight is 451 g/mol. The van der Waals surface area contributed by atoms with Gasteiger partial charge in [-0.25, -0.2) is 0 Å². The summed E-state index contributed by atoms with van der Waals surface area (Å²) in [4.78, 5) is 41.4. The maximum absolute atomic E-state index is 13.6. The van der Waals surface area contributed by atoms with E-state index in [1.54, 1.807) is 4.90 Å². The molecule has 0 spiro atoms. The van der Waals surface area contributed by atoms with E-state index in [1.165, 1.54) is 14.0 Å². The Bertz CT molecular complexity index is 975. The summed E-state index contributed by atoms with van der Waals surface area (Å²) in [5.74, 6) is -2.30. The third-order valence-electron chi connectivity index (χ3n) is 6.63. The Morgan fingerprint density at radius 3 is 2.21 bits per heavy atom. The van der Waals surface area contributed by atoms with Crippen LogP contribution in [-0.4, -0.2) is 55.1 Å². The quantitative estimate of drug-likeness (QED) is 0.684. The van der Waals surface area contributed by atoms with Gasteiger partial charge in [-0.05, 0) is 24.0 Å². The van der Waals surface area contributed by atoms with E-state index in [4.69, 9.17) is 9.47 Å². The molecule has 0 aromatic heterocycles. The zero-order valence-electron chi connectivity index (χ0n) is 19.0. The summed E-state index contributed by atoms with van der Waals surface area (Å²) >= 11 is 0. The summed E-state index contributed by atoms with van der Waals surface area (Å²) in [5, 5.41) is 2.99. The second kappa shape index (κ2) is 10.2. The van der Waals surface area contributed by atoms with Gasteiger partial charge in [0, 0.05) is 26.0 Å². The molecule has 33 heavy (non-hydrogen) atoms. The van der Waals surface area contributed by atoms with E-state index in [2.05, 4.69) is 5.32 Å².